The summed E-state index contributed by atoms with van der Waals surface area (Å²) in [5.41, 5.74) is 6.73. The van der Waals surface area contributed by atoms with Crippen LogP contribution in [0, 0.1) is 0 Å². The number of primary amides is 1. The number of pyridine rings is 1. The standard InChI is InChI=1S/C15H18BrN3O/c1-3-15(2,14(17)20)19-9-11-8-12(16)7-10-5-4-6-18-13(10)11/h4-8,19H,3,9H2,1-2H3,(H2,17,20)/t15-/m0/s1. The van der Waals surface area contributed by atoms with Crippen LogP contribution < -0.4 is 11.1 Å². The Bertz CT molecular complexity index is 644. The molecule has 0 saturated heterocycles. The number of fused-ring (bicyclic) bond motifs is 1. The molecule has 106 valence electrons. The first-order valence-electron chi connectivity index (χ1n) is 6.54. The number of hydrogen-bond acceptors (Lipinski definition) is 3. The van der Waals surface area contributed by atoms with Crippen molar-refractivity contribution in [2.45, 2.75) is 32.4 Å². The number of halogens is 1. The largest absolute Gasteiger partial charge is 0.368 e. The molecule has 0 fully saturated rings. The zero-order valence-electron chi connectivity index (χ0n) is 11.6. The number of nitrogens with one attached hydrogen (secondary N) is 1. The molecular formula is C15H18BrN3O. The number of nitrogens with zero attached hydrogens (tertiary/aromatic N) is 1. The van der Waals surface area contributed by atoms with Crippen LogP contribution in [0.15, 0.2) is 34.9 Å². The Morgan fingerprint density at radius 3 is 2.90 bits per heavy atom. The summed E-state index contributed by atoms with van der Waals surface area (Å²) in [6, 6.07) is 7.97. The highest BCUT2D eigenvalue weighted by molar-refractivity contribution is 9.10. The van der Waals surface area contributed by atoms with Gasteiger partial charge in [0.2, 0.25) is 5.91 Å². The number of amides is 1. The molecule has 0 radical (unpaired) electrons. The zero-order chi connectivity index (χ0) is 14.8. The Labute approximate surface area is 126 Å². The summed E-state index contributed by atoms with van der Waals surface area (Å²) in [6.45, 7) is 4.30. The molecule has 2 rings (SSSR count). The van der Waals surface area contributed by atoms with Crippen molar-refractivity contribution >= 4 is 32.7 Å². The number of nitrogens with two attached hydrogens (primary N) is 1. The van der Waals surface area contributed by atoms with Gasteiger partial charge >= 0.3 is 0 Å². The summed E-state index contributed by atoms with van der Waals surface area (Å²) in [4.78, 5) is 16.0. The Balaban J connectivity index is 2.32. The normalized spacial score (nSPS) is 14.2. The van der Waals surface area contributed by atoms with Gasteiger partial charge in [-0.3, -0.25) is 15.1 Å². The van der Waals surface area contributed by atoms with Crippen LogP contribution in [0.5, 0.6) is 0 Å². The number of benzene rings is 1. The highest BCUT2D eigenvalue weighted by atomic mass is 79.9. The van der Waals surface area contributed by atoms with Gasteiger partial charge in [-0.1, -0.05) is 28.9 Å². The van der Waals surface area contributed by atoms with Gasteiger partial charge in [-0.2, -0.15) is 0 Å². The SMILES string of the molecule is CC[C@](C)(NCc1cc(Br)cc2cccnc12)C(N)=O. The average molecular weight is 336 g/mol. The minimum Gasteiger partial charge on any atom is -0.368 e. The van der Waals surface area contributed by atoms with E-state index in [1.54, 1.807) is 6.20 Å². The third-order valence-corrected chi connectivity index (χ3v) is 4.13. The third-order valence-electron chi connectivity index (χ3n) is 3.67. The number of rotatable bonds is 5. The molecule has 0 spiro atoms. The van der Waals surface area contributed by atoms with Crippen molar-refractivity contribution in [3.8, 4) is 0 Å². The monoisotopic (exact) mass is 335 g/mol. The van der Waals surface area contributed by atoms with Crippen LogP contribution >= 0.6 is 15.9 Å². The fraction of sp³-hybridized carbons (Fsp3) is 0.333. The van der Waals surface area contributed by atoms with Gasteiger partial charge in [-0.05, 0) is 37.1 Å². The van der Waals surface area contributed by atoms with Gasteiger partial charge in [0.15, 0.2) is 0 Å². The van der Waals surface area contributed by atoms with E-state index in [1.807, 2.05) is 38.1 Å². The van der Waals surface area contributed by atoms with E-state index in [-0.39, 0.29) is 5.91 Å². The molecule has 0 aliphatic heterocycles. The molecule has 0 bridgehead atoms. The van der Waals surface area contributed by atoms with Gasteiger partial charge in [0.1, 0.15) is 0 Å². The summed E-state index contributed by atoms with van der Waals surface area (Å²) in [6.07, 6.45) is 2.41. The van der Waals surface area contributed by atoms with E-state index in [2.05, 4.69) is 26.2 Å². The molecule has 0 aliphatic carbocycles. The number of carbonyl (C=O) groups excluding carboxylic acids is 1. The van der Waals surface area contributed by atoms with E-state index in [0.717, 1.165) is 20.9 Å². The fourth-order valence-corrected chi connectivity index (χ4v) is 2.56. The van der Waals surface area contributed by atoms with Gasteiger partial charge in [0.05, 0.1) is 11.1 Å². The van der Waals surface area contributed by atoms with E-state index < -0.39 is 5.54 Å². The molecule has 1 heterocycles. The quantitative estimate of drug-likeness (QED) is 0.882. The fourth-order valence-electron chi connectivity index (χ4n) is 2.04. The summed E-state index contributed by atoms with van der Waals surface area (Å²) < 4.78 is 0.993. The molecule has 4 nitrogen and oxygen atoms in total. The predicted octanol–water partition coefficient (Wildman–Crippen LogP) is 2.74. The van der Waals surface area contributed by atoms with Crippen molar-refractivity contribution in [1.82, 2.24) is 10.3 Å². The first-order chi connectivity index (χ1) is 9.46. The molecule has 1 atom stereocenters. The summed E-state index contributed by atoms with van der Waals surface area (Å²) in [7, 11) is 0. The van der Waals surface area contributed by atoms with Crippen molar-refractivity contribution < 1.29 is 4.79 Å². The minimum atomic E-state index is -0.705. The molecule has 1 aromatic carbocycles. The van der Waals surface area contributed by atoms with Crippen LogP contribution in [0.2, 0.25) is 0 Å². The maximum absolute atomic E-state index is 11.5. The average Bonchev–Trinajstić information content (AvgIpc) is 2.44. The highest BCUT2D eigenvalue weighted by Crippen LogP contribution is 2.23. The lowest BCUT2D eigenvalue weighted by Gasteiger charge is -2.26. The van der Waals surface area contributed by atoms with Crippen LogP contribution in [0.3, 0.4) is 0 Å². The molecule has 0 aliphatic rings. The summed E-state index contributed by atoms with van der Waals surface area (Å²) >= 11 is 3.50. The van der Waals surface area contributed by atoms with E-state index in [0.29, 0.717) is 13.0 Å². The van der Waals surface area contributed by atoms with Gasteiger partial charge in [0.25, 0.3) is 0 Å². The summed E-state index contributed by atoms with van der Waals surface area (Å²) in [5, 5.41) is 4.31. The lowest BCUT2D eigenvalue weighted by atomic mass is 9.97. The third kappa shape index (κ3) is 2.99. The van der Waals surface area contributed by atoms with Crippen molar-refractivity contribution in [2.75, 3.05) is 0 Å². The maximum Gasteiger partial charge on any atom is 0.237 e. The van der Waals surface area contributed by atoms with Crippen LogP contribution in [0.1, 0.15) is 25.8 Å². The number of hydrogen-bond donors (Lipinski definition) is 2. The lowest BCUT2D eigenvalue weighted by molar-refractivity contribution is -0.124. The van der Waals surface area contributed by atoms with Crippen molar-refractivity contribution in [2.24, 2.45) is 5.73 Å². The smallest absolute Gasteiger partial charge is 0.237 e. The summed E-state index contributed by atoms with van der Waals surface area (Å²) in [5.74, 6) is -0.340. The Morgan fingerprint density at radius 1 is 1.50 bits per heavy atom. The van der Waals surface area contributed by atoms with Crippen molar-refractivity contribution in [3.05, 3.63) is 40.5 Å². The van der Waals surface area contributed by atoms with E-state index in [9.17, 15) is 4.79 Å². The topological polar surface area (TPSA) is 68.0 Å². The van der Waals surface area contributed by atoms with Gasteiger partial charge in [-0.25, -0.2) is 0 Å². The van der Waals surface area contributed by atoms with E-state index in [1.165, 1.54) is 0 Å². The molecule has 2 aromatic rings. The number of aromatic nitrogens is 1. The number of carbonyl (C=O) groups is 1. The second-order valence-electron chi connectivity index (χ2n) is 5.04. The van der Waals surface area contributed by atoms with Crippen molar-refractivity contribution in [1.29, 1.82) is 0 Å². The molecule has 0 saturated carbocycles. The lowest BCUT2D eigenvalue weighted by Crippen LogP contribution is -2.52. The van der Waals surface area contributed by atoms with E-state index in [4.69, 9.17) is 5.73 Å². The Hall–Kier alpha value is -1.46. The molecule has 20 heavy (non-hydrogen) atoms. The van der Waals surface area contributed by atoms with Crippen LogP contribution in [-0.2, 0) is 11.3 Å². The first-order valence-corrected chi connectivity index (χ1v) is 7.33. The minimum absolute atomic E-state index is 0.340. The second kappa shape index (κ2) is 5.89. The van der Waals surface area contributed by atoms with Gasteiger partial charge in [-0.15, -0.1) is 0 Å². The maximum atomic E-state index is 11.5. The molecule has 5 heteroatoms. The molecule has 1 aromatic heterocycles. The molecule has 0 unspecified atom stereocenters. The Morgan fingerprint density at radius 2 is 2.25 bits per heavy atom. The Kier molecular flexibility index (Phi) is 4.40. The van der Waals surface area contributed by atoms with Crippen LogP contribution in [0.25, 0.3) is 10.9 Å². The van der Waals surface area contributed by atoms with Crippen LogP contribution in [-0.4, -0.2) is 16.4 Å². The highest BCUT2D eigenvalue weighted by Gasteiger charge is 2.28. The molecule has 1 amide bonds. The molecule has 3 N–H and O–H groups in total. The predicted molar refractivity (Wildman–Crippen MR) is 84.2 cm³/mol. The zero-order valence-corrected chi connectivity index (χ0v) is 13.2. The van der Waals surface area contributed by atoms with Gasteiger partial charge < -0.3 is 5.73 Å². The van der Waals surface area contributed by atoms with Gasteiger partial charge in [0, 0.05) is 22.6 Å². The second-order valence-corrected chi connectivity index (χ2v) is 5.96. The van der Waals surface area contributed by atoms with E-state index >= 15 is 0 Å². The van der Waals surface area contributed by atoms with Crippen LogP contribution in [0.4, 0.5) is 0 Å². The van der Waals surface area contributed by atoms with Crippen molar-refractivity contribution in [3.63, 3.8) is 0 Å². The molecular weight excluding hydrogens is 318 g/mol. The first kappa shape index (κ1) is 14.9.